The molecule has 0 bridgehead atoms. The molecule has 0 spiro atoms. The quantitative estimate of drug-likeness (QED) is 0.620. The smallest absolute Gasteiger partial charge is 0.191 e. The van der Waals surface area contributed by atoms with Crippen molar-refractivity contribution in [1.82, 2.24) is 9.97 Å². The Kier molecular flexibility index (Phi) is 5.03. The van der Waals surface area contributed by atoms with Gasteiger partial charge in [0.05, 0.1) is 0 Å². The van der Waals surface area contributed by atoms with Crippen LogP contribution in [0.15, 0.2) is 41.6 Å². The Morgan fingerprint density at radius 1 is 1.11 bits per heavy atom. The van der Waals surface area contributed by atoms with Crippen LogP contribution < -0.4 is 10.6 Å². The molecule has 5 heteroatoms. The SMILES string of the molecule is CCCNc1cc(Nc2ccccc2)nc(SC)n1. The van der Waals surface area contributed by atoms with E-state index in [1.807, 2.05) is 42.7 Å². The summed E-state index contributed by atoms with van der Waals surface area (Å²) < 4.78 is 0. The molecule has 2 aromatic rings. The monoisotopic (exact) mass is 274 g/mol. The summed E-state index contributed by atoms with van der Waals surface area (Å²) in [6.07, 6.45) is 3.05. The van der Waals surface area contributed by atoms with Crippen LogP contribution in [0.5, 0.6) is 0 Å². The number of thioether (sulfide) groups is 1. The minimum atomic E-state index is 0.763. The maximum absolute atomic E-state index is 4.46. The van der Waals surface area contributed by atoms with Crippen LogP contribution in [0, 0.1) is 0 Å². The number of nitrogens with one attached hydrogen (secondary N) is 2. The largest absolute Gasteiger partial charge is 0.370 e. The minimum Gasteiger partial charge on any atom is -0.370 e. The Bertz CT molecular complexity index is 516. The number of hydrogen-bond donors (Lipinski definition) is 2. The third-order valence-corrected chi connectivity index (χ3v) is 3.04. The van der Waals surface area contributed by atoms with Crippen LogP contribution in [0.4, 0.5) is 17.3 Å². The molecule has 1 aromatic carbocycles. The summed E-state index contributed by atoms with van der Waals surface area (Å²) in [4.78, 5) is 8.89. The molecule has 2 N–H and O–H groups in total. The number of aromatic nitrogens is 2. The molecule has 2 rings (SSSR count). The van der Waals surface area contributed by atoms with Gasteiger partial charge in [0, 0.05) is 18.3 Å². The highest BCUT2D eigenvalue weighted by molar-refractivity contribution is 7.98. The van der Waals surface area contributed by atoms with Crippen LogP contribution in [0.3, 0.4) is 0 Å². The second-order valence-corrected chi connectivity index (χ2v) is 4.82. The fourth-order valence-electron chi connectivity index (χ4n) is 1.59. The zero-order chi connectivity index (χ0) is 13.5. The van der Waals surface area contributed by atoms with Gasteiger partial charge in [0.25, 0.3) is 0 Å². The summed E-state index contributed by atoms with van der Waals surface area (Å²) in [5.41, 5.74) is 1.02. The Hall–Kier alpha value is -1.75. The van der Waals surface area contributed by atoms with E-state index in [1.54, 1.807) is 0 Å². The number of anilines is 3. The lowest BCUT2D eigenvalue weighted by Gasteiger charge is -2.10. The van der Waals surface area contributed by atoms with E-state index in [-0.39, 0.29) is 0 Å². The molecule has 100 valence electrons. The van der Waals surface area contributed by atoms with Crippen LogP contribution >= 0.6 is 11.8 Å². The average Bonchev–Trinajstić information content (AvgIpc) is 2.46. The molecule has 1 aromatic heterocycles. The Balaban J connectivity index is 2.19. The molecule has 0 aliphatic rings. The van der Waals surface area contributed by atoms with E-state index in [1.165, 1.54) is 11.8 Å². The predicted octanol–water partition coefficient (Wildman–Crippen LogP) is 3.76. The lowest BCUT2D eigenvalue weighted by molar-refractivity contribution is 0.929. The van der Waals surface area contributed by atoms with E-state index in [0.717, 1.165) is 35.4 Å². The topological polar surface area (TPSA) is 49.8 Å². The van der Waals surface area contributed by atoms with Crippen LogP contribution in [-0.4, -0.2) is 22.8 Å². The minimum absolute atomic E-state index is 0.763. The summed E-state index contributed by atoms with van der Waals surface area (Å²) in [6.45, 7) is 3.04. The summed E-state index contributed by atoms with van der Waals surface area (Å²) in [7, 11) is 0. The maximum atomic E-state index is 4.46. The van der Waals surface area contributed by atoms with Crippen LogP contribution in [-0.2, 0) is 0 Å². The number of benzene rings is 1. The molecule has 4 nitrogen and oxygen atoms in total. The molecule has 0 saturated heterocycles. The van der Waals surface area contributed by atoms with Gasteiger partial charge in [-0.1, -0.05) is 36.9 Å². The molecule has 0 unspecified atom stereocenters. The van der Waals surface area contributed by atoms with Crippen molar-refractivity contribution < 1.29 is 0 Å². The summed E-state index contributed by atoms with van der Waals surface area (Å²) in [5, 5.41) is 7.35. The average molecular weight is 274 g/mol. The predicted molar refractivity (Wildman–Crippen MR) is 82.3 cm³/mol. The molecule has 0 radical (unpaired) electrons. The Labute approximate surface area is 118 Å². The van der Waals surface area contributed by atoms with E-state index in [4.69, 9.17) is 0 Å². The first-order chi connectivity index (χ1) is 9.31. The van der Waals surface area contributed by atoms with Gasteiger partial charge in [0.15, 0.2) is 5.16 Å². The number of para-hydroxylation sites is 1. The molecule has 0 fully saturated rings. The molecular formula is C14H18N4S. The van der Waals surface area contributed by atoms with Gasteiger partial charge in [-0.3, -0.25) is 0 Å². The number of rotatable bonds is 6. The van der Waals surface area contributed by atoms with Crippen LogP contribution in [0.25, 0.3) is 0 Å². The van der Waals surface area contributed by atoms with Crippen molar-refractivity contribution in [3.8, 4) is 0 Å². The fraction of sp³-hybridized carbons (Fsp3) is 0.286. The first-order valence-corrected chi connectivity index (χ1v) is 7.53. The van der Waals surface area contributed by atoms with Crippen molar-refractivity contribution >= 4 is 29.1 Å². The lowest BCUT2D eigenvalue weighted by Crippen LogP contribution is -2.05. The first kappa shape index (κ1) is 13.7. The second-order valence-electron chi connectivity index (χ2n) is 4.04. The van der Waals surface area contributed by atoms with Crippen molar-refractivity contribution in [2.45, 2.75) is 18.5 Å². The third kappa shape index (κ3) is 4.13. The van der Waals surface area contributed by atoms with Crippen LogP contribution in [0.1, 0.15) is 13.3 Å². The number of hydrogen-bond acceptors (Lipinski definition) is 5. The highest BCUT2D eigenvalue weighted by atomic mass is 32.2. The molecule has 0 saturated carbocycles. The van der Waals surface area contributed by atoms with Gasteiger partial charge in [0.2, 0.25) is 0 Å². The van der Waals surface area contributed by atoms with Gasteiger partial charge in [0.1, 0.15) is 11.6 Å². The zero-order valence-corrected chi connectivity index (χ0v) is 12.0. The molecule has 0 aliphatic carbocycles. The van der Waals surface area contributed by atoms with Crippen molar-refractivity contribution in [3.63, 3.8) is 0 Å². The van der Waals surface area contributed by atoms with Gasteiger partial charge in [-0.2, -0.15) is 0 Å². The lowest BCUT2D eigenvalue weighted by atomic mass is 10.3. The molecular weight excluding hydrogens is 256 g/mol. The van der Waals surface area contributed by atoms with Gasteiger partial charge in [-0.25, -0.2) is 9.97 Å². The van der Waals surface area contributed by atoms with Gasteiger partial charge in [-0.15, -0.1) is 0 Å². The van der Waals surface area contributed by atoms with E-state index in [0.29, 0.717) is 0 Å². The Morgan fingerprint density at radius 3 is 2.53 bits per heavy atom. The highest BCUT2D eigenvalue weighted by Crippen LogP contribution is 2.20. The van der Waals surface area contributed by atoms with Crippen molar-refractivity contribution in [1.29, 1.82) is 0 Å². The molecule has 19 heavy (non-hydrogen) atoms. The standard InChI is InChI=1S/C14H18N4S/c1-3-9-15-12-10-13(18-14(17-12)19-2)16-11-7-5-4-6-8-11/h4-8,10H,3,9H2,1-2H3,(H2,15,16,17,18). The first-order valence-electron chi connectivity index (χ1n) is 6.31. The maximum Gasteiger partial charge on any atom is 0.191 e. The molecule has 0 aliphatic heterocycles. The zero-order valence-electron chi connectivity index (χ0n) is 11.2. The van der Waals surface area contributed by atoms with E-state index >= 15 is 0 Å². The third-order valence-electron chi connectivity index (χ3n) is 2.49. The molecule has 0 atom stereocenters. The van der Waals surface area contributed by atoms with E-state index in [9.17, 15) is 0 Å². The second kappa shape index (κ2) is 6.99. The van der Waals surface area contributed by atoms with Crippen molar-refractivity contribution in [2.75, 3.05) is 23.4 Å². The molecule has 0 amide bonds. The summed E-state index contributed by atoms with van der Waals surface area (Å²) in [5.74, 6) is 1.67. The van der Waals surface area contributed by atoms with Gasteiger partial charge < -0.3 is 10.6 Å². The van der Waals surface area contributed by atoms with E-state index < -0.39 is 0 Å². The van der Waals surface area contributed by atoms with Gasteiger partial charge >= 0.3 is 0 Å². The number of nitrogens with zero attached hydrogens (tertiary/aromatic N) is 2. The van der Waals surface area contributed by atoms with Crippen molar-refractivity contribution in [2.24, 2.45) is 0 Å². The fourth-order valence-corrected chi connectivity index (χ4v) is 1.97. The van der Waals surface area contributed by atoms with Crippen LogP contribution in [0.2, 0.25) is 0 Å². The van der Waals surface area contributed by atoms with Gasteiger partial charge in [-0.05, 0) is 24.8 Å². The highest BCUT2D eigenvalue weighted by Gasteiger charge is 2.04. The summed E-state index contributed by atoms with van der Waals surface area (Å²) >= 11 is 1.54. The molecule has 1 heterocycles. The Morgan fingerprint density at radius 2 is 1.84 bits per heavy atom. The normalized spacial score (nSPS) is 10.2. The van der Waals surface area contributed by atoms with E-state index in [2.05, 4.69) is 27.5 Å². The van der Waals surface area contributed by atoms with Crippen molar-refractivity contribution in [3.05, 3.63) is 36.4 Å². The summed E-state index contributed by atoms with van der Waals surface area (Å²) in [6, 6.07) is 11.9.